The molecule has 0 amide bonds. The third-order valence-corrected chi connectivity index (χ3v) is 2.13. The Bertz CT molecular complexity index is 115. The quantitative estimate of drug-likeness (QED) is 0.552. The molecular formula is C7H14O3. The molecule has 1 aliphatic rings. The smallest absolute Gasteiger partial charge is 0.181 e. The highest BCUT2D eigenvalue weighted by Crippen LogP contribution is 2.26. The highest BCUT2D eigenvalue weighted by Gasteiger charge is 2.38. The lowest BCUT2D eigenvalue weighted by Crippen LogP contribution is -2.24. The van der Waals surface area contributed by atoms with Crippen molar-refractivity contribution in [1.82, 2.24) is 0 Å². The number of hydrogen-bond acceptors (Lipinski definition) is 3. The normalized spacial score (nSPS) is 48.0. The van der Waals surface area contributed by atoms with Crippen LogP contribution in [0.1, 0.15) is 20.3 Å². The Morgan fingerprint density at radius 2 is 2.00 bits per heavy atom. The van der Waals surface area contributed by atoms with Gasteiger partial charge in [0.1, 0.15) is 6.10 Å². The largest absolute Gasteiger partial charge is 0.387 e. The Kier molecular flexibility index (Phi) is 2.28. The lowest BCUT2D eigenvalue weighted by Gasteiger charge is -2.11. The van der Waals surface area contributed by atoms with Crippen molar-refractivity contribution in [1.29, 1.82) is 0 Å². The summed E-state index contributed by atoms with van der Waals surface area (Å²) in [6, 6.07) is 0. The molecule has 3 heteroatoms. The SMILES string of the molecule is CC[C@H]1O[C@H](O)[C@H](O)[C@@H]1C. The first-order chi connectivity index (χ1) is 4.66. The van der Waals surface area contributed by atoms with E-state index in [1.54, 1.807) is 0 Å². The van der Waals surface area contributed by atoms with E-state index in [4.69, 9.17) is 9.84 Å². The van der Waals surface area contributed by atoms with E-state index in [0.717, 1.165) is 6.42 Å². The van der Waals surface area contributed by atoms with E-state index in [1.165, 1.54) is 0 Å². The van der Waals surface area contributed by atoms with Crippen molar-refractivity contribution in [3.8, 4) is 0 Å². The Hall–Kier alpha value is -0.120. The van der Waals surface area contributed by atoms with E-state index >= 15 is 0 Å². The molecule has 0 spiro atoms. The van der Waals surface area contributed by atoms with E-state index in [9.17, 15) is 5.11 Å². The molecule has 4 atom stereocenters. The average molecular weight is 146 g/mol. The van der Waals surface area contributed by atoms with Crippen molar-refractivity contribution in [2.24, 2.45) is 5.92 Å². The minimum Gasteiger partial charge on any atom is -0.387 e. The zero-order chi connectivity index (χ0) is 7.72. The van der Waals surface area contributed by atoms with Crippen LogP contribution < -0.4 is 0 Å². The molecule has 0 aliphatic carbocycles. The van der Waals surface area contributed by atoms with E-state index in [1.807, 2.05) is 13.8 Å². The molecule has 60 valence electrons. The van der Waals surface area contributed by atoms with Crippen LogP contribution in [0.5, 0.6) is 0 Å². The summed E-state index contributed by atoms with van der Waals surface area (Å²) in [5.74, 6) is 0.0556. The van der Waals surface area contributed by atoms with Gasteiger partial charge in [0.25, 0.3) is 0 Å². The van der Waals surface area contributed by atoms with Gasteiger partial charge in [-0.1, -0.05) is 13.8 Å². The Morgan fingerprint density at radius 3 is 2.20 bits per heavy atom. The van der Waals surface area contributed by atoms with Crippen molar-refractivity contribution in [3.63, 3.8) is 0 Å². The second-order valence-electron chi connectivity index (χ2n) is 2.82. The highest BCUT2D eigenvalue weighted by atomic mass is 16.6. The van der Waals surface area contributed by atoms with Crippen molar-refractivity contribution in [3.05, 3.63) is 0 Å². The van der Waals surface area contributed by atoms with Gasteiger partial charge in [0.15, 0.2) is 6.29 Å². The molecule has 0 aromatic heterocycles. The van der Waals surface area contributed by atoms with Gasteiger partial charge in [0, 0.05) is 5.92 Å². The lowest BCUT2D eigenvalue weighted by atomic mass is 9.99. The molecule has 0 bridgehead atoms. The number of rotatable bonds is 1. The maximum Gasteiger partial charge on any atom is 0.181 e. The first-order valence-corrected chi connectivity index (χ1v) is 3.68. The molecule has 0 saturated carbocycles. The average Bonchev–Trinajstić information content (AvgIpc) is 2.17. The molecule has 1 saturated heterocycles. The van der Waals surface area contributed by atoms with Crippen LogP contribution >= 0.6 is 0 Å². The number of ether oxygens (including phenoxy) is 1. The first kappa shape index (κ1) is 7.98. The fraction of sp³-hybridized carbons (Fsp3) is 1.00. The van der Waals surface area contributed by atoms with Crippen LogP contribution in [-0.2, 0) is 4.74 Å². The molecule has 2 N–H and O–H groups in total. The summed E-state index contributed by atoms with van der Waals surface area (Å²) in [6.07, 6.45) is -0.815. The minimum atomic E-state index is -0.972. The number of aliphatic hydroxyl groups is 2. The Balaban J connectivity index is 2.53. The summed E-state index contributed by atoms with van der Waals surface area (Å²) in [5, 5.41) is 18.2. The standard InChI is InChI=1S/C7H14O3/c1-3-5-4(2)6(8)7(9)10-5/h4-9H,3H2,1-2H3/t4-,5-,6-,7+/m1/s1. The second kappa shape index (κ2) is 2.86. The molecule has 1 heterocycles. The number of hydrogen-bond donors (Lipinski definition) is 2. The number of aliphatic hydroxyl groups excluding tert-OH is 2. The molecule has 0 aromatic rings. The van der Waals surface area contributed by atoms with Crippen LogP contribution in [0.2, 0.25) is 0 Å². The summed E-state index contributed by atoms with van der Waals surface area (Å²) in [4.78, 5) is 0. The summed E-state index contributed by atoms with van der Waals surface area (Å²) in [5.41, 5.74) is 0. The van der Waals surface area contributed by atoms with Crippen molar-refractivity contribution in [2.75, 3.05) is 0 Å². The third-order valence-electron chi connectivity index (χ3n) is 2.13. The van der Waals surface area contributed by atoms with Crippen LogP contribution in [-0.4, -0.2) is 28.7 Å². The summed E-state index contributed by atoms with van der Waals surface area (Å²) >= 11 is 0. The summed E-state index contributed by atoms with van der Waals surface area (Å²) in [7, 11) is 0. The van der Waals surface area contributed by atoms with Gasteiger partial charge in [-0.2, -0.15) is 0 Å². The van der Waals surface area contributed by atoms with Crippen LogP contribution in [0.25, 0.3) is 0 Å². The maximum atomic E-state index is 9.19. The molecule has 0 radical (unpaired) electrons. The molecule has 0 aromatic carbocycles. The predicted molar refractivity (Wildman–Crippen MR) is 36.3 cm³/mol. The van der Waals surface area contributed by atoms with Gasteiger partial charge in [-0.25, -0.2) is 0 Å². The first-order valence-electron chi connectivity index (χ1n) is 3.68. The van der Waals surface area contributed by atoms with Crippen LogP contribution in [0.3, 0.4) is 0 Å². The molecule has 1 rings (SSSR count). The molecule has 1 aliphatic heterocycles. The van der Waals surface area contributed by atoms with Gasteiger partial charge in [-0.3, -0.25) is 0 Å². The van der Waals surface area contributed by atoms with E-state index in [-0.39, 0.29) is 12.0 Å². The Labute approximate surface area is 60.6 Å². The predicted octanol–water partition coefficient (Wildman–Crippen LogP) is 0.111. The summed E-state index contributed by atoms with van der Waals surface area (Å²) in [6.45, 7) is 3.86. The van der Waals surface area contributed by atoms with Gasteiger partial charge in [-0.15, -0.1) is 0 Å². The van der Waals surface area contributed by atoms with E-state index in [0.29, 0.717) is 0 Å². The molecule has 3 nitrogen and oxygen atoms in total. The molecule has 10 heavy (non-hydrogen) atoms. The van der Waals surface area contributed by atoms with Crippen LogP contribution in [0.4, 0.5) is 0 Å². The Morgan fingerprint density at radius 1 is 1.40 bits per heavy atom. The van der Waals surface area contributed by atoms with Crippen LogP contribution in [0, 0.1) is 5.92 Å². The minimum absolute atomic E-state index is 0.0185. The van der Waals surface area contributed by atoms with Gasteiger partial charge in [0.05, 0.1) is 6.10 Å². The summed E-state index contributed by atoms with van der Waals surface area (Å²) < 4.78 is 5.04. The van der Waals surface area contributed by atoms with Gasteiger partial charge < -0.3 is 14.9 Å². The molecular weight excluding hydrogens is 132 g/mol. The zero-order valence-electron chi connectivity index (χ0n) is 6.32. The maximum absolute atomic E-state index is 9.19. The second-order valence-corrected chi connectivity index (χ2v) is 2.82. The van der Waals surface area contributed by atoms with E-state index in [2.05, 4.69) is 0 Å². The third kappa shape index (κ3) is 1.17. The van der Waals surface area contributed by atoms with Gasteiger partial charge in [-0.05, 0) is 6.42 Å². The van der Waals surface area contributed by atoms with Crippen LogP contribution in [0.15, 0.2) is 0 Å². The molecule has 0 unspecified atom stereocenters. The fourth-order valence-electron chi connectivity index (χ4n) is 1.33. The van der Waals surface area contributed by atoms with Crippen molar-refractivity contribution in [2.45, 2.75) is 38.8 Å². The molecule has 1 fully saturated rings. The topological polar surface area (TPSA) is 49.7 Å². The van der Waals surface area contributed by atoms with Crippen molar-refractivity contribution < 1.29 is 14.9 Å². The monoisotopic (exact) mass is 146 g/mol. The van der Waals surface area contributed by atoms with Crippen molar-refractivity contribution >= 4 is 0 Å². The van der Waals surface area contributed by atoms with E-state index < -0.39 is 12.4 Å². The fourth-order valence-corrected chi connectivity index (χ4v) is 1.33. The highest BCUT2D eigenvalue weighted by molar-refractivity contribution is 4.81. The van der Waals surface area contributed by atoms with Gasteiger partial charge >= 0.3 is 0 Å². The lowest BCUT2D eigenvalue weighted by molar-refractivity contribution is -0.127. The zero-order valence-corrected chi connectivity index (χ0v) is 6.32. The van der Waals surface area contributed by atoms with Gasteiger partial charge in [0.2, 0.25) is 0 Å².